The summed E-state index contributed by atoms with van der Waals surface area (Å²) < 4.78 is 1.64. The van der Waals surface area contributed by atoms with Gasteiger partial charge in [0.25, 0.3) is 0 Å². The average molecular weight is 399 g/mol. The van der Waals surface area contributed by atoms with Crippen molar-refractivity contribution in [3.05, 3.63) is 11.6 Å². The summed E-state index contributed by atoms with van der Waals surface area (Å²) in [4.78, 5) is 24.9. The maximum atomic E-state index is 12.1. The molecular formula is C15H19ClN6O3S. The van der Waals surface area contributed by atoms with Gasteiger partial charge in [-0.3, -0.25) is 9.36 Å². The van der Waals surface area contributed by atoms with E-state index in [0.717, 1.165) is 12.8 Å². The number of anilines is 1. The Morgan fingerprint density at radius 3 is 2.85 bits per heavy atom. The number of hydrogen-bond donors (Lipinski definition) is 4. The van der Waals surface area contributed by atoms with Gasteiger partial charge in [-0.05, 0) is 31.4 Å². The molecule has 4 atom stereocenters. The van der Waals surface area contributed by atoms with Crippen LogP contribution in [-0.4, -0.2) is 65.7 Å². The quantitative estimate of drug-likeness (QED) is 0.537. The van der Waals surface area contributed by atoms with E-state index in [4.69, 9.17) is 11.6 Å². The third-order valence-corrected chi connectivity index (χ3v) is 6.17. The van der Waals surface area contributed by atoms with Gasteiger partial charge in [-0.2, -0.15) is 9.97 Å². The number of aliphatic hydroxyl groups excluding tert-OH is 2. The lowest BCUT2D eigenvalue weighted by Gasteiger charge is -2.17. The van der Waals surface area contributed by atoms with Crippen molar-refractivity contribution in [1.29, 1.82) is 0 Å². The molecule has 0 unspecified atom stereocenters. The number of aromatic nitrogens is 4. The Morgan fingerprint density at radius 2 is 2.15 bits per heavy atom. The second kappa shape index (κ2) is 6.84. The summed E-state index contributed by atoms with van der Waals surface area (Å²) in [6.07, 6.45) is 1.35. The summed E-state index contributed by atoms with van der Waals surface area (Å²) in [7, 11) is 0. The summed E-state index contributed by atoms with van der Waals surface area (Å²) in [5, 5.41) is 25.4. The summed E-state index contributed by atoms with van der Waals surface area (Å²) in [6.45, 7) is 2.25. The maximum absolute atomic E-state index is 12.1. The number of imidazole rings is 1. The average Bonchev–Trinajstić information content (AvgIpc) is 3.24. The first kappa shape index (κ1) is 17.8. The second-order valence-corrected chi connectivity index (χ2v) is 8.01. The van der Waals surface area contributed by atoms with Crippen molar-refractivity contribution in [3.63, 3.8) is 0 Å². The fraction of sp³-hybridized carbons (Fsp3) is 0.600. The molecule has 9 nitrogen and oxygen atoms in total. The minimum absolute atomic E-state index is 0.0701. The van der Waals surface area contributed by atoms with Gasteiger partial charge in [0.15, 0.2) is 17.0 Å². The topological polar surface area (TPSA) is 125 Å². The van der Waals surface area contributed by atoms with Crippen LogP contribution in [0, 0.1) is 0 Å². The molecule has 0 spiro atoms. The van der Waals surface area contributed by atoms with Crippen molar-refractivity contribution in [2.24, 2.45) is 0 Å². The van der Waals surface area contributed by atoms with Gasteiger partial charge in [0.2, 0.25) is 11.2 Å². The highest BCUT2D eigenvalue weighted by Crippen LogP contribution is 2.43. The molecule has 2 aromatic rings. The molecule has 1 saturated carbocycles. The van der Waals surface area contributed by atoms with Crippen molar-refractivity contribution in [3.8, 4) is 0 Å². The molecule has 1 aliphatic carbocycles. The molecule has 2 fully saturated rings. The van der Waals surface area contributed by atoms with Crippen molar-refractivity contribution < 1.29 is 15.0 Å². The van der Waals surface area contributed by atoms with Crippen LogP contribution in [0.5, 0.6) is 0 Å². The molecular weight excluding hydrogens is 380 g/mol. The van der Waals surface area contributed by atoms with Crippen LogP contribution in [0.1, 0.15) is 25.1 Å². The molecule has 1 saturated heterocycles. The number of hydrogen-bond acceptors (Lipinski definition) is 8. The Kier molecular flexibility index (Phi) is 4.68. The lowest BCUT2D eigenvalue weighted by atomic mass is 10.1. The van der Waals surface area contributed by atoms with Gasteiger partial charge in [-0.25, -0.2) is 4.98 Å². The van der Waals surface area contributed by atoms with Gasteiger partial charge in [-0.15, -0.1) is 11.8 Å². The van der Waals surface area contributed by atoms with E-state index in [9.17, 15) is 15.0 Å². The van der Waals surface area contributed by atoms with Gasteiger partial charge in [0.05, 0.1) is 6.33 Å². The lowest BCUT2D eigenvalue weighted by Crippen LogP contribution is -2.41. The zero-order valence-electron chi connectivity index (χ0n) is 14.0. The van der Waals surface area contributed by atoms with E-state index < -0.39 is 22.8 Å². The van der Waals surface area contributed by atoms with Crippen LogP contribution in [0.15, 0.2) is 6.33 Å². The molecule has 4 rings (SSSR count). The minimum atomic E-state index is -1.18. The molecule has 140 valence electrons. The highest BCUT2D eigenvalue weighted by Gasteiger charge is 2.47. The molecule has 2 aromatic heterocycles. The number of nitrogens with zero attached hydrogens (tertiary/aromatic N) is 4. The van der Waals surface area contributed by atoms with E-state index in [1.165, 1.54) is 18.1 Å². The first-order valence-corrected chi connectivity index (χ1v) is 9.77. The van der Waals surface area contributed by atoms with E-state index in [0.29, 0.717) is 29.6 Å². The van der Waals surface area contributed by atoms with Crippen LogP contribution >= 0.6 is 23.4 Å². The first-order chi connectivity index (χ1) is 12.5. The number of aliphatic hydroxyl groups is 2. The maximum Gasteiger partial charge on any atom is 0.235 e. The smallest absolute Gasteiger partial charge is 0.235 e. The van der Waals surface area contributed by atoms with Crippen molar-refractivity contribution in [2.75, 3.05) is 11.9 Å². The van der Waals surface area contributed by atoms with Crippen molar-refractivity contribution in [1.82, 2.24) is 24.8 Å². The summed E-state index contributed by atoms with van der Waals surface area (Å²) in [5.41, 5.74) is 0.999. The molecule has 4 N–H and O–H groups in total. The molecule has 11 heteroatoms. The first-order valence-electron chi connectivity index (χ1n) is 8.45. The summed E-state index contributed by atoms with van der Waals surface area (Å²) >= 11 is 7.24. The third kappa shape index (κ3) is 3.11. The number of carbonyl (C=O) groups excluding carboxylic acids is 1. The largest absolute Gasteiger partial charge is 0.389 e. The number of rotatable bonds is 5. The number of fused-ring (bicyclic) bond motifs is 1. The molecule has 3 heterocycles. The molecule has 1 amide bonds. The lowest BCUT2D eigenvalue weighted by molar-refractivity contribution is -0.123. The normalized spacial score (nSPS) is 28.5. The predicted octanol–water partition coefficient (Wildman–Crippen LogP) is 0.526. The molecule has 2 aliphatic rings. The number of nitrogens with one attached hydrogen (secondary N) is 2. The predicted molar refractivity (Wildman–Crippen MR) is 98.1 cm³/mol. The van der Waals surface area contributed by atoms with Crippen LogP contribution in [0.3, 0.4) is 0 Å². The highest BCUT2D eigenvalue weighted by atomic mass is 35.5. The Morgan fingerprint density at radius 1 is 1.38 bits per heavy atom. The van der Waals surface area contributed by atoms with Crippen LogP contribution in [-0.2, 0) is 4.79 Å². The fourth-order valence-electron chi connectivity index (χ4n) is 2.98. The van der Waals surface area contributed by atoms with Gasteiger partial charge in [-0.1, -0.05) is 0 Å². The van der Waals surface area contributed by atoms with E-state index >= 15 is 0 Å². The van der Waals surface area contributed by atoms with Crippen molar-refractivity contribution >= 4 is 46.3 Å². The number of amides is 1. The molecule has 0 bridgehead atoms. The van der Waals surface area contributed by atoms with E-state index in [1.54, 1.807) is 11.5 Å². The molecule has 1 aliphatic heterocycles. The van der Waals surface area contributed by atoms with Crippen molar-refractivity contribution in [2.45, 2.75) is 48.6 Å². The van der Waals surface area contributed by atoms with Crippen LogP contribution in [0.25, 0.3) is 11.2 Å². The standard InChI is InChI=1S/C15H19ClN6O3S/c1-2-17-13(25)10-8(23)9(24)14(26-10)22-5-18-7-11(19-6-3-4-6)20-15(16)21-12(7)22/h5-6,8-10,14,23-24H,2-4H2,1H3,(H,17,25)(H,19,20,21)/t8-,9+,10-,14+/m0/s1. The summed E-state index contributed by atoms with van der Waals surface area (Å²) in [5.74, 6) is 0.249. The van der Waals surface area contributed by atoms with E-state index in [-0.39, 0.29) is 11.2 Å². The monoisotopic (exact) mass is 398 g/mol. The SMILES string of the molecule is CCNC(=O)[C@H]1S[C@@H](n2cnc3c(NC4CC4)nc(Cl)nc32)[C@H](O)[C@@H]1O. The zero-order valence-corrected chi connectivity index (χ0v) is 15.5. The highest BCUT2D eigenvalue weighted by molar-refractivity contribution is 8.01. The summed E-state index contributed by atoms with van der Waals surface area (Å²) in [6, 6.07) is 0.365. The van der Waals surface area contributed by atoms with Crippen LogP contribution < -0.4 is 10.6 Å². The Labute approximate surface area is 158 Å². The van der Waals surface area contributed by atoms with Crippen LogP contribution in [0.4, 0.5) is 5.82 Å². The van der Waals surface area contributed by atoms with E-state index in [1.807, 2.05) is 0 Å². The Bertz CT molecular complexity index is 844. The van der Waals surface area contributed by atoms with Gasteiger partial charge < -0.3 is 20.8 Å². The van der Waals surface area contributed by atoms with Gasteiger partial charge >= 0.3 is 0 Å². The molecule has 26 heavy (non-hydrogen) atoms. The fourth-order valence-corrected chi connectivity index (χ4v) is 4.58. The minimum Gasteiger partial charge on any atom is -0.389 e. The van der Waals surface area contributed by atoms with Crippen LogP contribution in [0.2, 0.25) is 5.28 Å². The molecule has 0 aromatic carbocycles. The van der Waals surface area contributed by atoms with E-state index in [2.05, 4.69) is 25.6 Å². The number of carbonyl (C=O) groups is 1. The third-order valence-electron chi connectivity index (χ3n) is 4.43. The number of thioether (sulfide) groups is 1. The van der Waals surface area contributed by atoms with Gasteiger partial charge in [0.1, 0.15) is 22.8 Å². The van der Waals surface area contributed by atoms with Gasteiger partial charge in [0, 0.05) is 12.6 Å². The Hall–Kier alpha value is -1.62. The zero-order chi connectivity index (χ0) is 18.4. The second-order valence-electron chi connectivity index (χ2n) is 6.41. The molecule has 0 radical (unpaired) electrons. The number of halogens is 1. The Balaban J connectivity index is 1.68.